The Morgan fingerprint density at radius 1 is 1.10 bits per heavy atom. The topological polar surface area (TPSA) is 91.3 Å². The summed E-state index contributed by atoms with van der Waals surface area (Å²) in [7, 11) is -0.773. The Kier molecular flexibility index (Phi) is 4.54. The predicted octanol–water partition coefficient (Wildman–Crippen LogP) is 2.71. The number of nitrogens with zero attached hydrogens (tertiary/aromatic N) is 5. The number of hydrogen-bond donors (Lipinski definition) is 0. The monoisotopic (exact) mass is 453 g/mol. The van der Waals surface area contributed by atoms with Crippen molar-refractivity contribution in [3.63, 3.8) is 0 Å². The number of aryl methyl sites for hydroxylation is 2. The first-order valence-corrected chi connectivity index (χ1v) is 10.9. The van der Waals surface area contributed by atoms with E-state index in [4.69, 9.17) is 0 Å². The highest BCUT2D eigenvalue weighted by atomic mass is 32.2. The van der Waals surface area contributed by atoms with Gasteiger partial charge < -0.3 is 9.13 Å². The predicted molar refractivity (Wildman–Crippen MR) is 108 cm³/mol. The average molecular weight is 453 g/mol. The molecule has 4 heterocycles. The quantitative estimate of drug-likeness (QED) is 0.476. The van der Waals surface area contributed by atoms with Crippen LogP contribution in [0.25, 0.3) is 28.2 Å². The molecule has 0 amide bonds. The molecule has 31 heavy (non-hydrogen) atoms. The summed E-state index contributed by atoms with van der Waals surface area (Å²) in [5, 5.41) is -0.273. The van der Waals surface area contributed by atoms with Crippen LogP contribution in [-0.2, 0) is 30.1 Å². The molecule has 164 valence electrons. The van der Waals surface area contributed by atoms with E-state index in [9.17, 15) is 26.4 Å². The molecule has 4 aromatic heterocycles. The van der Waals surface area contributed by atoms with E-state index in [1.807, 2.05) is 0 Å². The van der Waals surface area contributed by atoms with E-state index in [0.29, 0.717) is 11.2 Å². The summed E-state index contributed by atoms with van der Waals surface area (Å²) >= 11 is 0. The van der Waals surface area contributed by atoms with Crippen molar-refractivity contribution in [3.05, 3.63) is 46.0 Å². The molecule has 0 spiro atoms. The van der Waals surface area contributed by atoms with Gasteiger partial charge in [0.2, 0.25) is 0 Å². The highest BCUT2D eigenvalue weighted by molar-refractivity contribution is 7.91. The van der Waals surface area contributed by atoms with Gasteiger partial charge >= 0.3 is 6.18 Å². The third-order valence-electron chi connectivity index (χ3n) is 5.30. The number of halogens is 3. The fourth-order valence-electron chi connectivity index (χ4n) is 3.48. The molecule has 12 heteroatoms. The number of fused-ring (bicyclic) bond motifs is 2. The smallest absolute Gasteiger partial charge is 0.321 e. The van der Waals surface area contributed by atoms with Gasteiger partial charge in [-0.2, -0.15) is 13.2 Å². The highest BCUT2D eigenvalue weighted by Crippen LogP contribution is 2.34. The maximum absolute atomic E-state index is 13.2. The van der Waals surface area contributed by atoms with E-state index in [0.717, 1.165) is 22.7 Å². The summed E-state index contributed by atoms with van der Waals surface area (Å²) in [4.78, 5) is 21.3. The summed E-state index contributed by atoms with van der Waals surface area (Å²) in [6.45, 7) is 3.16. The maximum Gasteiger partial charge on any atom is 0.416 e. The molecule has 0 radical (unpaired) electrons. The minimum atomic E-state index is -4.61. The van der Waals surface area contributed by atoms with Crippen LogP contribution in [0.2, 0.25) is 0 Å². The molecule has 0 aromatic carbocycles. The van der Waals surface area contributed by atoms with Crippen molar-refractivity contribution in [1.82, 2.24) is 23.5 Å². The van der Waals surface area contributed by atoms with Crippen LogP contribution in [0, 0.1) is 6.92 Å². The van der Waals surface area contributed by atoms with E-state index in [-0.39, 0.29) is 39.0 Å². The Morgan fingerprint density at radius 2 is 1.77 bits per heavy atom. The largest absolute Gasteiger partial charge is 0.416 e. The van der Waals surface area contributed by atoms with Gasteiger partial charge in [0.1, 0.15) is 16.9 Å². The second kappa shape index (κ2) is 6.67. The molecule has 0 unspecified atom stereocenters. The minimum Gasteiger partial charge on any atom is -0.321 e. The van der Waals surface area contributed by atoms with E-state index >= 15 is 0 Å². The van der Waals surface area contributed by atoms with Crippen molar-refractivity contribution in [1.29, 1.82) is 0 Å². The molecule has 0 aliphatic heterocycles. The standard InChI is InChI=1S/C19H18F3N5O3S/c1-5-31(29,30)18-14(24-13-9-11(19(20,21)22)6-7-27(13)18)16-23-12-8-10(2)25(3)17(28)15(12)26(16)4/h6-9H,5H2,1-4H3. The van der Waals surface area contributed by atoms with Gasteiger partial charge in [-0.05, 0) is 25.1 Å². The van der Waals surface area contributed by atoms with Gasteiger partial charge in [0.25, 0.3) is 5.56 Å². The van der Waals surface area contributed by atoms with E-state index in [2.05, 4.69) is 9.97 Å². The molecule has 0 saturated carbocycles. The van der Waals surface area contributed by atoms with E-state index < -0.39 is 21.6 Å². The highest BCUT2D eigenvalue weighted by Gasteiger charge is 2.33. The van der Waals surface area contributed by atoms with Crippen LogP contribution in [0.1, 0.15) is 18.2 Å². The number of hydrogen-bond acceptors (Lipinski definition) is 5. The molecule has 4 rings (SSSR count). The molecule has 0 aliphatic carbocycles. The Balaban J connectivity index is 2.13. The molecule has 0 atom stereocenters. The zero-order valence-electron chi connectivity index (χ0n) is 17.0. The summed E-state index contributed by atoms with van der Waals surface area (Å²) in [6, 6.07) is 3.25. The Bertz CT molecular complexity index is 1530. The van der Waals surface area contributed by atoms with Crippen molar-refractivity contribution in [3.8, 4) is 11.5 Å². The lowest BCUT2D eigenvalue weighted by Gasteiger charge is -2.08. The number of rotatable bonds is 3. The molecule has 8 nitrogen and oxygen atoms in total. The fourth-order valence-corrected chi connectivity index (χ4v) is 4.64. The van der Waals surface area contributed by atoms with Crippen molar-refractivity contribution < 1.29 is 21.6 Å². The lowest BCUT2D eigenvalue weighted by Crippen LogP contribution is -2.20. The molecule has 0 bridgehead atoms. The van der Waals surface area contributed by atoms with Crippen LogP contribution in [-0.4, -0.2) is 37.7 Å². The normalized spacial score (nSPS) is 12.9. The molecular weight excluding hydrogens is 435 g/mol. The lowest BCUT2D eigenvalue weighted by molar-refractivity contribution is -0.137. The number of imidazole rings is 2. The Labute approximate surface area is 174 Å². The molecule has 0 saturated heterocycles. The average Bonchev–Trinajstić information content (AvgIpc) is 3.23. The SMILES string of the molecule is CCS(=O)(=O)c1c(-c2nc3cc(C)n(C)c(=O)c3n2C)nc2cc(C(F)(F)F)ccn12. The van der Waals surface area contributed by atoms with Crippen molar-refractivity contribution in [2.45, 2.75) is 25.0 Å². The number of sulfone groups is 1. The first kappa shape index (κ1) is 21.1. The van der Waals surface area contributed by atoms with Crippen LogP contribution in [0.3, 0.4) is 0 Å². The number of alkyl halides is 3. The lowest BCUT2D eigenvalue weighted by atomic mass is 10.2. The van der Waals surface area contributed by atoms with Crippen LogP contribution in [0.5, 0.6) is 0 Å². The van der Waals surface area contributed by atoms with Crippen molar-refractivity contribution >= 4 is 26.5 Å². The van der Waals surface area contributed by atoms with Gasteiger partial charge in [0, 0.05) is 26.0 Å². The zero-order valence-corrected chi connectivity index (χ0v) is 17.8. The maximum atomic E-state index is 13.2. The zero-order chi connectivity index (χ0) is 22.9. The minimum absolute atomic E-state index is 0.0713. The number of aromatic nitrogens is 5. The van der Waals surface area contributed by atoms with Gasteiger partial charge in [0.05, 0.1) is 16.8 Å². The van der Waals surface area contributed by atoms with Gasteiger partial charge in [0.15, 0.2) is 20.7 Å². The summed E-state index contributed by atoms with van der Waals surface area (Å²) in [5.41, 5.74) is -0.367. The third kappa shape index (κ3) is 3.12. The first-order chi connectivity index (χ1) is 14.4. The van der Waals surface area contributed by atoms with Gasteiger partial charge in [-0.15, -0.1) is 0 Å². The van der Waals surface area contributed by atoms with Crippen LogP contribution in [0.4, 0.5) is 13.2 Å². The second-order valence-corrected chi connectivity index (χ2v) is 9.38. The Hall–Kier alpha value is -3.15. The third-order valence-corrected chi connectivity index (χ3v) is 7.04. The van der Waals surface area contributed by atoms with Crippen LogP contribution >= 0.6 is 0 Å². The number of pyridine rings is 2. The molecule has 0 aliphatic rings. The van der Waals surface area contributed by atoms with Crippen LogP contribution < -0.4 is 5.56 Å². The van der Waals surface area contributed by atoms with Crippen LogP contribution in [0.15, 0.2) is 34.2 Å². The van der Waals surface area contributed by atoms with Gasteiger partial charge in [-0.3, -0.25) is 9.20 Å². The first-order valence-electron chi connectivity index (χ1n) is 9.22. The molecule has 0 fully saturated rings. The van der Waals surface area contributed by atoms with Gasteiger partial charge in [-0.1, -0.05) is 6.92 Å². The van der Waals surface area contributed by atoms with Crippen molar-refractivity contribution in [2.24, 2.45) is 14.1 Å². The second-order valence-electron chi connectivity index (χ2n) is 7.19. The molecule has 0 N–H and O–H groups in total. The Morgan fingerprint density at radius 3 is 2.39 bits per heavy atom. The summed E-state index contributed by atoms with van der Waals surface area (Å²) < 4.78 is 69.2. The fraction of sp³-hybridized carbons (Fsp3) is 0.316. The molecule has 4 aromatic rings. The molecular formula is C19H18F3N5O3S. The van der Waals surface area contributed by atoms with E-state index in [1.54, 1.807) is 20.0 Å². The van der Waals surface area contributed by atoms with Crippen molar-refractivity contribution in [2.75, 3.05) is 5.75 Å². The summed E-state index contributed by atoms with van der Waals surface area (Å²) in [6.07, 6.45) is -3.58. The van der Waals surface area contributed by atoms with Gasteiger partial charge in [-0.25, -0.2) is 18.4 Å². The summed E-state index contributed by atoms with van der Waals surface area (Å²) in [5.74, 6) is -0.221. The van der Waals surface area contributed by atoms with E-state index in [1.165, 1.54) is 23.1 Å².